The summed E-state index contributed by atoms with van der Waals surface area (Å²) in [6, 6.07) is 6.57. The summed E-state index contributed by atoms with van der Waals surface area (Å²) in [5, 5.41) is 25.5. The van der Waals surface area contributed by atoms with E-state index >= 15 is 0 Å². The van der Waals surface area contributed by atoms with E-state index in [2.05, 4.69) is 10.4 Å². The second-order valence-corrected chi connectivity index (χ2v) is 5.07. The highest BCUT2D eigenvalue weighted by molar-refractivity contribution is 5.90. The molecule has 0 fully saturated rings. The summed E-state index contributed by atoms with van der Waals surface area (Å²) >= 11 is 0. The number of amides is 1. The quantitative estimate of drug-likeness (QED) is 0.399. The predicted octanol–water partition coefficient (Wildman–Crippen LogP) is 1.67. The van der Waals surface area contributed by atoms with Crippen molar-refractivity contribution in [1.82, 2.24) is 9.78 Å². The zero-order chi connectivity index (χ0) is 18.2. The lowest BCUT2D eigenvalue weighted by Gasteiger charge is -2.08. The van der Waals surface area contributed by atoms with Crippen LogP contribution in [0, 0.1) is 10.1 Å². The number of hydrogen-bond acceptors (Lipinski definition) is 6. The molecular formula is C15H16N4O6. The summed E-state index contributed by atoms with van der Waals surface area (Å²) in [6.07, 6.45) is 2.70. The molecule has 0 aliphatic carbocycles. The van der Waals surface area contributed by atoms with Gasteiger partial charge in [-0.2, -0.15) is 5.10 Å². The molecule has 10 nitrogen and oxygen atoms in total. The first kappa shape index (κ1) is 17.9. The normalized spacial score (nSPS) is 10.2. The Kier molecular flexibility index (Phi) is 6.04. The van der Waals surface area contributed by atoms with E-state index in [0.29, 0.717) is 17.9 Å². The molecule has 25 heavy (non-hydrogen) atoms. The Hall–Kier alpha value is -3.43. The standard InChI is InChI=1S/C15H16N4O6/c20-14(10-18-9-12(8-16-18)19(23)24)17-11-3-5-13(6-4-11)25-7-1-2-15(21)22/h3-6,8-9H,1-2,7,10H2,(H,17,20)(H,21,22). The number of carboxylic acid groups (broad SMARTS) is 1. The molecule has 2 N–H and O–H groups in total. The SMILES string of the molecule is O=C(O)CCCOc1ccc(NC(=O)Cn2cc([N+](=O)[O-])cn2)cc1. The number of rotatable bonds is 9. The summed E-state index contributed by atoms with van der Waals surface area (Å²) in [7, 11) is 0. The zero-order valence-corrected chi connectivity index (χ0v) is 13.1. The Morgan fingerprint density at radius 1 is 1.32 bits per heavy atom. The Bertz CT molecular complexity index is 756. The molecule has 0 aliphatic rings. The van der Waals surface area contributed by atoms with Crippen LogP contribution in [0.1, 0.15) is 12.8 Å². The van der Waals surface area contributed by atoms with Gasteiger partial charge in [0.2, 0.25) is 5.91 Å². The summed E-state index contributed by atoms with van der Waals surface area (Å²) in [6.45, 7) is 0.136. The Labute approximate surface area is 142 Å². The molecule has 0 aliphatic heterocycles. The van der Waals surface area contributed by atoms with Crippen LogP contribution < -0.4 is 10.1 Å². The van der Waals surface area contributed by atoms with Crippen LogP contribution in [0.5, 0.6) is 5.75 Å². The van der Waals surface area contributed by atoms with Gasteiger partial charge < -0.3 is 15.2 Å². The van der Waals surface area contributed by atoms with Gasteiger partial charge in [0.1, 0.15) is 24.7 Å². The van der Waals surface area contributed by atoms with Crippen molar-refractivity contribution in [2.75, 3.05) is 11.9 Å². The minimum absolute atomic E-state index is 0.0414. The summed E-state index contributed by atoms with van der Waals surface area (Å²) in [4.78, 5) is 32.3. The van der Waals surface area contributed by atoms with Gasteiger partial charge in [0.05, 0.1) is 11.5 Å². The Morgan fingerprint density at radius 3 is 2.64 bits per heavy atom. The average Bonchev–Trinajstić information content (AvgIpc) is 3.01. The third-order valence-corrected chi connectivity index (χ3v) is 3.08. The highest BCUT2D eigenvalue weighted by Crippen LogP contribution is 2.16. The lowest BCUT2D eigenvalue weighted by molar-refractivity contribution is -0.385. The highest BCUT2D eigenvalue weighted by atomic mass is 16.6. The van der Waals surface area contributed by atoms with E-state index in [9.17, 15) is 19.7 Å². The van der Waals surface area contributed by atoms with Crippen LogP contribution in [-0.4, -0.2) is 38.3 Å². The number of nitrogens with zero attached hydrogens (tertiary/aromatic N) is 3. The molecule has 1 aromatic carbocycles. The number of nitrogens with one attached hydrogen (secondary N) is 1. The maximum atomic E-state index is 11.9. The number of hydrogen-bond donors (Lipinski definition) is 2. The fourth-order valence-electron chi connectivity index (χ4n) is 1.93. The van der Waals surface area contributed by atoms with Gasteiger partial charge in [0.15, 0.2) is 0 Å². The molecule has 1 amide bonds. The number of anilines is 1. The van der Waals surface area contributed by atoms with Crippen molar-refractivity contribution in [2.45, 2.75) is 19.4 Å². The molecule has 132 valence electrons. The molecule has 1 heterocycles. The molecule has 2 aromatic rings. The van der Waals surface area contributed by atoms with Crippen LogP contribution >= 0.6 is 0 Å². The van der Waals surface area contributed by atoms with E-state index in [1.165, 1.54) is 10.9 Å². The molecule has 0 radical (unpaired) electrons. The smallest absolute Gasteiger partial charge is 0.307 e. The van der Waals surface area contributed by atoms with Crippen LogP contribution in [0.15, 0.2) is 36.7 Å². The number of aliphatic carboxylic acids is 1. The van der Waals surface area contributed by atoms with Crippen molar-refractivity contribution < 1.29 is 24.4 Å². The zero-order valence-electron chi connectivity index (χ0n) is 13.1. The van der Waals surface area contributed by atoms with Crippen molar-refractivity contribution in [2.24, 2.45) is 0 Å². The minimum Gasteiger partial charge on any atom is -0.494 e. The van der Waals surface area contributed by atoms with Gasteiger partial charge in [-0.05, 0) is 30.7 Å². The van der Waals surface area contributed by atoms with Gasteiger partial charge in [-0.25, -0.2) is 0 Å². The van der Waals surface area contributed by atoms with Crippen LogP contribution in [0.25, 0.3) is 0 Å². The molecule has 0 saturated carbocycles. The van der Waals surface area contributed by atoms with Crippen LogP contribution in [0.2, 0.25) is 0 Å². The van der Waals surface area contributed by atoms with E-state index < -0.39 is 10.9 Å². The van der Waals surface area contributed by atoms with Crippen LogP contribution in [0.3, 0.4) is 0 Å². The molecule has 0 unspecified atom stereocenters. The first-order valence-corrected chi connectivity index (χ1v) is 7.35. The molecule has 10 heteroatoms. The first-order chi connectivity index (χ1) is 11.9. The first-order valence-electron chi connectivity index (χ1n) is 7.35. The second kappa shape index (κ2) is 8.43. The van der Waals surface area contributed by atoms with Crippen LogP contribution in [0.4, 0.5) is 11.4 Å². The molecule has 0 atom stereocenters. The average molecular weight is 348 g/mol. The maximum absolute atomic E-state index is 11.9. The minimum atomic E-state index is -0.871. The van der Waals surface area contributed by atoms with E-state index in [1.807, 2.05) is 0 Å². The number of aromatic nitrogens is 2. The predicted molar refractivity (Wildman–Crippen MR) is 86.3 cm³/mol. The monoisotopic (exact) mass is 348 g/mol. The number of ether oxygens (including phenoxy) is 1. The Morgan fingerprint density at radius 2 is 2.04 bits per heavy atom. The highest BCUT2D eigenvalue weighted by Gasteiger charge is 2.11. The number of carbonyl (C=O) groups is 2. The van der Waals surface area contributed by atoms with E-state index in [-0.39, 0.29) is 31.2 Å². The van der Waals surface area contributed by atoms with E-state index in [4.69, 9.17) is 9.84 Å². The molecular weight excluding hydrogens is 332 g/mol. The van der Waals surface area contributed by atoms with Gasteiger partial charge in [-0.1, -0.05) is 0 Å². The van der Waals surface area contributed by atoms with E-state index in [1.54, 1.807) is 24.3 Å². The van der Waals surface area contributed by atoms with Gasteiger partial charge in [-0.15, -0.1) is 0 Å². The van der Waals surface area contributed by atoms with Crippen molar-refractivity contribution in [1.29, 1.82) is 0 Å². The molecule has 0 saturated heterocycles. The number of carbonyl (C=O) groups excluding carboxylic acids is 1. The van der Waals surface area contributed by atoms with Gasteiger partial charge in [-0.3, -0.25) is 24.4 Å². The third kappa shape index (κ3) is 5.94. The Balaban J connectivity index is 1.80. The fraction of sp³-hybridized carbons (Fsp3) is 0.267. The maximum Gasteiger partial charge on any atom is 0.307 e. The lowest BCUT2D eigenvalue weighted by Crippen LogP contribution is -2.18. The number of benzene rings is 1. The number of nitro groups is 1. The topological polar surface area (TPSA) is 137 Å². The number of carboxylic acids is 1. The van der Waals surface area contributed by atoms with Gasteiger partial charge in [0.25, 0.3) is 0 Å². The van der Waals surface area contributed by atoms with Crippen molar-refractivity contribution in [3.63, 3.8) is 0 Å². The third-order valence-electron chi connectivity index (χ3n) is 3.08. The van der Waals surface area contributed by atoms with Crippen molar-refractivity contribution in [3.05, 3.63) is 46.8 Å². The second-order valence-electron chi connectivity index (χ2n) is 5.07. The largest absolute Gasteiger partial charge is 0.494 e. The summed E-state index contributed by atoms with van der Waals surface area (Å²) in [5.74, 6) is -0.691. The van der Waals surface area contributed by atoms with Crippen LogP contribution in [-0.2, 0) is 16.1 Å². The summed E-state index contributed by atoms with van der Waals surface area (Å²) in [5.41, 5.74) is 0.349. The summed E-state index contributed by atoms with van der Waals surface area (Å²) < 4.78 is 6.56. The molecule has 0 spiro atoms. The van der Waals surface area contributed by atoms with E-state index in [0.717, 1.165) is 6.20 Å². The lowest BCUT2D eigenvalue weighted by atomic mass is 10.3. The van der Waals surface area contributed by atoms with Crippen molar-refractivity contribution in [3.8, 4) is 5.75 Å². The molecule has 0 bridgehead atoms. The van der Waals surface area contributed by atoms with Gasteiger partial charge >= 0.3 is 11.7 Å². The fourth-order valence-corrected chi connectivity index (χ4v) is 1.93. The van der Waals surface area contributed by atoms with Gasteiger partial charge in [0, 0.05) is 12.1 Å². The van der Waals surface area contributed by atoms with Crippen molar-refractivity contribution >= 4 is 23.3 Å². The molecule has 2 rings (SSSR count). The molecule has 1 aromatic heterocycles.